The average molecular weight is 424 g/mol. The predicted octanol–water partition coefficient (Wildman–Crippen LogP) is 4.39. The molecule has 0 fully saturated rings. The number of nitrogens with one attached hydrogen (secondary N) is 1. The lowest BCUT2D eigenvalue weighted by molar-refractivity contribution is 0.102. The lowest BCUT2D eigenvalue weighted by Crippen LogP contribution is -2.15. The van der Waals surface area contributed by atoms with Crippen LogP contribution in [0.5, 0.6) is 5.75 Å². The Bertz CT molecular complexity index is 1310. The number of anilines is 1. The summed E-state index contributed by atoms with van der Waals surface area (Å²) in [7, 11) is 0. The van der Waals surface area contributed by atoms with Gasteiger partial charge in [0.05, 0.1) is 11.4 Å². The number of aromatic nitrogens is 2. The van der Waals surface area contributed by atoms with E-state index in [1.165, 1.54) is 6.07 Å². The summed E-state index contributed by atoms with van der Waals surface area (Å²) in [4.78, 5) is 29.1. The van der Waals surface area contributed by atoms with Crippen LogP contribution in [0.3, 0.4) is 0 Å². The number of carbonyl (C=O) groups excluding carboxylic acids is 1. The number of aryl methyl sites for hydroxylation is 2. The van der Waals surface area contributed by atoms with Crippen molar-refractivity contribution >= 4 is 28.8 Å². The second kappa shape index (κ2) is 8.04. The van der Waals surface area contributed by atoms with Gasteiger partial charge in [0.15, 0.2) is 5.65 Å². The van der Waals surface area contributed by atoms with Gasteiger partial charge in [0.25, 0.3) is 11.5 Å². The highest BCUT2D eigenvalue weighted by molar-refractivity contribution is 6.31. The summed E-state index contributed by atoms with van der Waals surface area (Å²) in [5.74, 6) is 0.746. The van der Waals surface area contributed by atoms with Crippen LogP contribution in [-0.4, -0.2) is 15.5 Å². The summed E-state index contributed by atoms with van der Waals surface area (Å²) >= 11 is 5.97. The van der Waals surface area contributed by atoms with Gasteiger partial charge in [-0.3, -0.25) is 9.59 Å². The normalized spacial score (nSPS) is 10.9. The van der Waals surface area contributed by atoms with E-state index in [1.54, 1.807) is 49.4 Å². The van der Waals surface area contributed by atoms with Gasteiger partial charge in [-0.2, -0.15) is 0 Å². The van der Waals surface area contributed by atoms with E-state index in [4.69, 9.17) is 20.9 Å². The fraction of sp³-hybridized carbons (Fsp3) is 0.136. The molecule has 30 heavy (non-hydrogen) atoms. The molecule has 7 nitrogen and oxygen atoms in total. The first-order chi connectivity index (χ1) is 14.4. The van der Waals surface area contributed by atoms with Gasteiger partial charge in [0.2, 0.25) is 0 Å². The van der Waals surface area contributed by atoms with Gasteiger partial charge in [-0.25, -0.2) is 4.98 Å². The highest BCUT2D eigenvalue weighted by Crippen LogP contribution is 2.27. The fourth-order valence-electron chi connectivity index (χ4n) is 2.98. The third-order valence-electron chi connectivity index (χ3n) is 4.37. The van der Waals surface area contributed by atoms with Crippen LogP contribution in [0.2, 0.25) is 5.02 Å². The van der Waals surface area contributed by atoms with Crippen LogP contribution in [0.4, 0.5) is 5.69 Å². The summed E-state index contributed by atoms with van der Waals surface area (Å²) in [6.45, 7) is 3.71. The van der Waals surface area contributed by atoms with Gasteiger partial charge in [0.1, 0.15) is 18.1 Å². The van der Waals surface area contributed by atoms with E-state index >= 15 is 0 Å². The van der Waals surface area contributed by atoms with E-state index in [9.17, 15) is 9.59 Å². The lowest BCUT2D eigenvalue weighted by atomic mass is 10.1. The fourth-order valence-corrected chi connectivity index (χ4v) is 3.17. The molecule has 0 bridgehead atoms. The molecule has 1 amide bonds. The average Bonchev–Trinajstić information content (AvgIpc) is 3.09. The van der Waals surface area contributed by atoms with Crippen molar-refractivity contribution in [2.24, 2.45) is 0 Å². The van der Waals surface area contributed by atoms with Gasteiger partial charge >= 0.3 is 0 Å². The number of hydrogen-bond acceptors (Lipinski definition) is 5. The standard InChI is InChI=1S/C22H18ClN3O4/c1-13-6-7-18(25-22(28)15-4-3-5-16(23)10-15)19(8-13)29-12-17-11-21(27)26-20(24-17)9-14(2)30-26/h3-11H,12H2,1-2H3,(H,25,28). The van der Waals surface area contributed by atoms with Crippen molar-refractivity contribution in [1.82, 2.24) is 9.56 Å². The van der Waals surface area contributed by atoms with Crippen molar-refractivity contribution < 1.29 is 14.1 Å². The molecule has 4 aromatic rings. The van der Waals surface area contributed by atoms with Crippen LogP contribution in [0.25, 0.3) is 5.65 Å². The molecule has 152 valence electrons. The highest BCUT2D eigenvalue weighted by Gasteiger charge is 2.12. The summed E-state index contributed by atoms with van der Waals surface area (Å²) in [5.41, 5.74) is 2.43. The molecule has 0 aliphatic carbocycles. The van der Waals surface area contributed by atoms with Crippen molar-refractivity contribution in [2.75, 3.05) is 5.32 Å². The maximum Gasteiger partial charge on any atom is 0.287 e. The number of ether oxygens (including phenoxy) is 1. The number of nitrogens with zero attached hydrogens (tertiary/aromatic N) is 2. The van der Waals surface area contributed by atoms with Crippen molar-refractivity contribution in [1.29, 1.82) is 0 Å². The summed E-state index contributed by atoms with van der Waals surface area (Å²) in [6.07, 6.45) is 0. The molecular weight excluding hydrogens is 406 g/mol. The molecule has 0 unspecified atom stereocenters. The Hall–Kier alpha value is -3.58. The van der Waals surface area contributed by atoms with Crippen LogP contribution < -0.4 is 15.6 Å². The van der Waals surface area contributed by atoms with E-state index < -0.39 is 0 Å². The summed E-state index contributed by atoms with van der Waals surface area (Å²) in [6, 6.07) is 15.1. The Morgan fingerprint density at radius 2 is 2.00 bits per heavy atom. The van der Waals surface area contributed by atoms with Crippen LogP contribution in [0.1, 0.15) is 27.4 Å². The molecule has 1 N–H and O–H groups in total. The Morgan fingerprint density at radius 3 is 2.80 bits per heavy atom. The Labute approximate surface area is 176 Å². The molecule has 0 saturated carbocycles. The maximum atomic E-state index is 12.6. The first-order valence-electron chi connectivity index (χ1n) is 9.19. The van der Waals surface area contributed by atoms with Crippen molar-refractivity contribution in [3.63, 3.8) is 0 Å². The smallest absolute Gasteiger partial charge is 0.287 e. The number of hydrogen-bond donors (Lipinski definition) is 1. The third kappa shape index (κ3) is 4.21. The van der Waals surface area contributed by atoms with E-state index in [0.717, 1.165) is 10.1 Å². The molecular formula is C22H18ClN3O4. The molecule has 0 saturated heterocycles. The minimum Gasteiger partial charge on any atom is -0.485 e. The van der Waals surface area contributed by atoms with Gasteiger partial charge in [-0.15, -0.1) is 4.57 Å². The number of benzene rings is 2. The molecule has 2 aromatic carbocycles. The van der Waals surface area contributed by atoms with E-state index in [2.05, 4.69) is 10.3 Å². The molecule has 0 spiro atoms. The lowest BCUT2D eigenvalue weighted by Gasteiger charge is -2.13. The zero-order valence-electron chi connectivity index (χ0n) is 16.3. The van der Waals surface area contributed by atoms with Crippen LogP contribution in [0.15, 0.2) is 63.9 Å². The topological polar surface area (TPSA) is 85.8 Å². The third-order valence-corrected chi connectivity index (χ3v) is 4.61. The molecule has 4 rings (SSSR count). The first-order valence-corrected chi connectivity index (χ1v) is 9.57. The molecule has 2 aromatic heterocycles. The minimum absolute atomic E-state index is 0.0550. The van der Waals surface area contributed by atoms with Gasteiger partial charge in [-0.05, 0) is 49.7 Å². The summed E-state index contributed by atoms with van der Waals surface area (Å²) in [5, 5.41) is 3.32. The van der Waals surface area contributed by atoms with Crippen molar-refractivity contribution in [2.45, 2.75) is 20.5 Å². The van der Waals surface area contributed by atoms with Crippen LogP contribution >= 0.6 is 11.6 Å². The quantitative estimate of drug-likeness (QED) is 0.514. The van der Waals surface area contributed by atoms with E-state index in [0.29, 0.717) is 39.1 Å². The molecule has 0 aliphatic rings. The minimum atomic E-state index is -0.328. The number of rotatable bonds is 5. The van der Waals surface area contributed by atoms with Crippen molar-refractivity contribution in [3.05, 3.63) is 92.6 Å². The second-order valence-electron chi connectivity index (χ2n) is 6.84. The summed E-state index contributed by atoms with van der Waals surface area (Å²) < 4.78 is 12.3. The predicted molar refractivity (Wildman–Crippen MR) is 113 cm³/mol. The van der Waals surface area contributed by atoms with Crippen molar-refractivity contribution in [3.8, 4) is 5.75 Å². The molecule has 0 aliphatic heterocycles. The number of carbonyl (C=O) groups is 1. The van der Waals surface area contributed by atoms with Gasteiger partial charge < -0.3 is 14.6 Å². The molecule has 2 heterocycles. The number of halogens is 1. The highest BCUT2D eigenvalue weighted by atomic mass is 35.5. The van der Waals surface area contributed by atoms with Crippen LogP contribution in [-0.2, 0) is 6.61 Å². The van der Waals surface area contributed by atoms with E-state index in [1.807, 2.05) is 13.0 Å². The van der Waals surface area contributed by atoms with E-state index in [-0.39, 0.29) is 18.1 Å². The zero-order valence-corrected chi connectivity index (χ0v) is 17.1. The molecule has 0 atom stereocenters. The number of amides is 1. The Balaban J connectivity index is 1.56. The Kier molecular flexibility index (Phi) is 5.29. The molecule has 0 radical (unpaired) electrons. The monoisotopic (exact) mass is 423 g/mol. The second-order valence-corrected chi connectivity index (χ2v) is 7.27. The molecule has 8 heteroatoms. The van der Waals surface area contributed by atoms with Gasteiger partial charge in [0, 0.05) is 22.7 Å². The maximum absolute atomic E-state index is 12.6. The van der Waals surface area contributed by atoms with Gasteiger partial charge in [-0.1, -0.05) is 23.7 Å². The SMILES string of the molecule is Cc1ccc(NC(=O)c2cccc(Cl)c2)c(OCc2cc(=O)n3oc(C)cc3n2)c1. The van der Waals surface area contributed by atoms with Crippen LogP contribution in [0, 0.1) is 13.8 Å². The number of fused-ring (bicyclic) bond motifs is 1. The Morgan fingerprint density at radius 1 is 1.17 bits per heavy atom. The first kappa shape index (κ1) is 19.7. The zero-order chi connectivity index (χ0) is 21.3. The largest absolute Gasteiger partial charge is 0.485 e.